The average Bonchev–Trinajstić information content (AvgIpc) is 3.51. The van der Waals surface area contributed by atoms with E-state index in [0.717, 1.165) is 63.4 Å². The number of carbonyl (C=O) groups excluding carboxylic acids is 2. The molecule has 4 aliphatic rings. The topological polar surface area (TPSA) is 83.6 Å². The molecule has 4 rings (SSSR count). The summed E-state index contributed by atoms with van der Waals surface area (Å²) in [7, 11) is 0. The molecular formula is C27H42O7. The van der Waals surface area contributed by atoms with Crippen molar-refractivity contribution in [2.24, 2.45) is 17.3 Å². The summed E-state index contributed by atoms with van der Waals surface area (Å²) in [5.74, 6) is -0.497. The zero-order chi connectivity index (χ0) is 24.3. The van der Waals surface area contributed by atoms with Crippen LogP contribution in [0.15, 0.2) is 11.6 Å². The predicted molar refractivity (Wildman–Crippen MR) is 126 cm³/mol. The first kappa shape index (κ1) is 25.6. The zero-order valence-corrected chi connectivity index (χ0v) is 21.3. The van der Waals surface area contributed by atoms with Crippen LogP contribution in [0.2, 0.25) is 0 Å². The number of ether oxygens (including phenoxy) is 5. The van der Waals surface area contributed by atoms with Gasteiger partial charge in [0.25, 0.3) is 0 Å². The first-order valence-electron chi connectivity index (χ1n) is 13.4. The molecule has 7 heteroatoms. The van der Waals surface area contributed by atoms with E-state index < -0.39 is 17.3 Å². The van der Waals surface area contributed by atoms with E-state index in [2.05, 4.69) is 20.8 Å². The van der Waals surface area contributed by atoms with Crippen LogP contribution >= 0.6 is 0 Å². The predicted octanol–water partition coefficient (Wildman–Crippen LogP) is 4.71. The van der Waals surface area contributed by atoms with Crippen molar-refractivity contribution in [2.75, 3.05) is 19.8 Å². The minimum Gasteiger partial charge on any atom is -0.463 e. The van der Waals surface area contributed by atoms with Crippen molar-refractivity contribution in [2.45, 2.75) is 110 Å². The Hall–Kier alpha value is -1.44. The molecule has 192 valence electrons. The number of hydrogen-bond donors (Lipinski definition) is 0. The van der Waals surface area contributed by atoms with E-state index in [1.54, 1.807) is 6.08 Å². The molecule has 4 unspecified atom stereocenters. The lowest BCUT2D eigenvalue weighted by Crippen LogP contribution is -2.54. The van der Waals surface area contributed by atoms with Crippen LogP contribution < -0.4 is 0 Å². The number of epoxide rings is 1. The highest BCUT2D eigenvalue weighted by atomic mass is 16.7. The van der Waals surface area contributed by atoms with Crippen LogP contribution in [0.4, 0.5) is 0 Å². The summed E-state index contributed by atoms with van der Waals surface area (Å²) < 4.78 is 30.5. The Labute approximate surface area is 203 Å². The van der Waals surface area contributed by atoms with E-state index in [1.165, 1.54) is 0 Å². The van der Waals surface area contributed by atoms with Crippen LogP contribution in [-0.4, -0.2) is 55.9 Å². The minimum atomic E-state index is -0.903. The highest BCUT2D eigenvalue weighted by molar-refractivity contribution is 5.85. The Balaban J connectivity index is 1.69. The summed E-state index contributed by atoms with van der Waals surface area (Å²) in [5, 5.41) is 0. The van der Waals surface area contributed by atoms with Gasteiger partial charge < -0.3 is 23.7 Å². The maximum Gasteiger partial charge on any atom is 0.330 e. The van der Waals surface area contributed by atoms with Gasteiger partial charge in [-0.1, -0.05) is 46.5 Å². The number of fused-ring (bicyclic) bond motifs is 2. The molecular weight excluding hydrogens is 436 g/mol. The van der Waals surface area contributed by atoms with Crippen molar-refractivity contribution in [1.29, 1.82) is 0 Å². The van der Waals surface area contributed by atoms with E-state index >= 15 is 0 Å². The highest BCUT2D eigenvalue weighted by Crippen LogP contribution is 2.67. The molecule has 2 aliphatic heterocycles. The molecule has 0 N–H and O–H groups in total. The Kier molecular flexibility index (Phi) is 8.05. The van der Waals surface area contributed by atoms with E-state index in [4.69, 9.17) is 23.7 Å². The quantitative estimate of drug-likeness (QED) is 0.125. The van der Waals surface area contributed by atoms with Gasteiger partial charge in [0.1, 0.15) is 12.2 Å². The zero-order valence-electron chi connectivity index (χ0n) is 21.3. The Morgan fingerprint density at radius 1 is 1.09 bits per heavy atom. The molecule has 0 radical (unpaired) electrons. The second kappa shape index (κ2) is 10.7. The van der Waals surface area contributed by atoms with Gasteiger partial charge in [0.2, 0.25) is 0 Å². The van der Waals surface area contributed by atoms with E-state index in [0.29, 0.717) is 19.8 Å². The molecule has 6 atom stereocenters. The Bertz CT molecular complexity index is 769. The summed E-state index contributed by atoms with van der Waals surface area (Å²) in [5.41, 5.74) is -0.569. The standard InChI is InChI=1S/C27H42O7/c1-5-8-14-30-20(28)17-19-18-12-11-13-26(4)21(18)22(33-24(26)29)23-27(19,34-23)25(31-15-9-6-2)32-16-10-7-3/h17-18,21-23,25H,5-16H2,1-4H3/b19-17-/t18?,21-,22-,23?,26?,27?/m0/s1. The van der Waals surface area contributed by atoms with Crippen molar-refractivity contribution in [3.05, 3.63) is 11.6 Å². The summed E-state index contributed by atoms with van der Waals surface area (Å²) in [6.45, 7) is 9.83. The maximum atomic E-state index is 13.0. The first-order chi connectivity index (χ1) is 16.4. The van der Waals surface area contributed by atoms with Gasteiger partial charge in [0.05, 0.1) is 12.0 Å². The fourth-order valence-corrected chi connectivity index (χ4v) is 6.25. The molecule has 34 heavy (non-hydrogen) atoms. The Morgan fingerprint density at radius 3 is 2.38 bits per heavy atom. The summed E-state index contributed by atoms with van der Waals surface area (Å²) >= 11 is 0. The van der Waals surface area contributed by atoms with Crippen molar-refractivity contribution in [1.82, 2.24) is 0 Å². The third-order valence-corrected chi connectivity index (χ3v) is 8.18. The average molecular weight is 479 g/mol. The largest absolute Gasteiger partial charge is 0.463 e. The summed E-state index contributed by atoms with van der Waals surface area (Å²) in [6.07, 6.45) is 8.52. The maximum absolute atomic E-state index is 13.0. The van der Waals surface area contributed by atoms with Crippen LogP contribution in [0.3, 0.4) is 0 Å². The number of rotatable bonds is 13. The molecule has 0 amide bonds. The van der Waals surface area contributed by atoms with Gasteiger partial charge in [0.15, 0.2) is 11.9 Å². The third kappa shape index (κ3) is 4.44. The second-order valence-electron chi connectivity index (χ2n) is 10.5. The molecule has 2 saturated heterocycles. The van der Waals surface area contributed by atoms with Crippen molar-refractivity contribution in [3.8, 4) is 0 Å². The molecule has 2 heterocycles. The number of esters is 2. The Morgan fingerprint density at radius 2 is 1.74 bits per heavy atom. The van der Waals surface area contributed by atoms with Gasteiger partial charge in [-0.25, -0.2) is 4.79 Å². The number of hydrogen-bond acceptors (Lipinski definition) is 7. The van der Waals surface area contributed by atoms with Crippen molar-refractivity contribution >= 4 is 11.9 Å². The normalized spacial score (nSPS) is 36.9. The van der Waals surface area contributed by atoms with Gasteiger partial charge in [-0.05, 0) is 50.5 Å². The van der Waals surface area contributed by atoms with Crippen LogP contribution in [0.5, 0.6) is 0 Å². The summed E-state index contributed by atoms with van der Waals surface area (Å²) in [4.78, 5) is 25.9. The van der Waals surface area contributed by atoms with Crippen LogP contribution in [0, 0.1) is 17.3 Å². The van der Waals surface area contributed by atoms with Crippen molar-refractivity contribution < 1.29 is 33.3 Å². The lowest BCUT2D eigenvalue weighted by molar-refractivity contribution is -0.177. The van der Waals surface area contributed by atoms with Crippen LogP contribution in [0.1, 0.15) is 85.5 Å². The van der Waals surface area contributed by atoms with E-state index in [-0.39, 0.29) is 36.0 Å². The van der Waals surface area contributed by atoms with Gasteiger partial charge in [-0.15, -0.1) is 0 Å². The van der Waals surface area contributed by atoms with Crippen molar-refractivity contribution in [3.63, 3.8) is 0 Å². The number of carbonyl (C=O) groups is 2. The summed E-state index contributed by atoms with van der Waals surface area (Å²) in [6, 6.07) is 0. The molecule has 0 spiro atoms. The van der Waals surface area contributed by atoms with Crippen LogP contribution in [-0.2, 0) is 33.3 Å². The molecule has 0 aromatic heterocycles. The molecule has 2 saturated carbocycles. The molecule has 0 bridgehead atoms. The molecule has 7 nitrogen and oxygen atoms in total. The molecule has 4 fully saturated rings. The van der Waals surface area contributed by atoms with E-state index in [9.17, 15) is 9.59 Å². The van der Waals surface area contributed by atoms with Crippen LogP contribution in [0.25, 0.3) is 0 Å². The van der Waals surface area contributed by atoms with Gasteiger partial charge in [-0.2, -0.15) is 0 Å². The van der Waals surface area contributed by atoms with Gasteiger partial charge in [0, 0.05) is 25.2 Å². The highest BCUT2D eigenvalue weighted by Gasteiger charge is 2.79. The fourth-order valence-electron chi connectivity index (χ4n) is 6.25. The molecule has 2 aliphatic carbocycles. The first-order valence-corrected chi connectivity index (χ1v) is 13.4. The fraction of sp³-hybridized carbons (Fsp3) is 0.852. The lowest BCUT2D eigenvalue weighted by Gasteiger charge is -2.45. The van der Waals surface area contributed by atoms with Gasteiger partial charge >= 0.3 is 11.9 Å². The minimum absolute atomic E-state index is 0.000254. The SMILES string of the molecule is CCCCOC(=O)/C=C1/C2CCCC3(C)C(=O)O[C@H](C4OC14C(OCCCC)OCCCC)[C@H]23. The second-order valence-corrected chi connectivity index (χ2v) is 10.5. The molecule has 0 aromatic rings. The lowest BCUT2D eigenvalue weighted by atomic mass is 9.55. The van der Waals surface area contributed by atoms with E-state index in [1.807, 2.05) is 6.92 Å². The monoisotopic (exact) mass is 478 g/mol. The number of unbranched alkanes of at least 4 members (excludes halogenated alkanes) is 3. The third-order valence-electron chi connectivity index (χ3n) is 8.18. The molecule has 0 aromatic carbocycles. The van der Waals surface area contributed by atoms with Gasteiger partial charge in [-0.3, -0.25) is 4.79 Å². The smallest absolute Gasteiger partial charge is 0.330 e.